The topological polar surface area (TPSA) is 0 Å². The van der Waals surface area contributed by atoms with Crippen molar-refractivity contribution in [3.63, 3.8) is 0 Å². The lowest BCUT2D eigenvalue weighted by Gasteiger charge is -2.22. The smallest absolute Gasteiger partial charge is 0.00262 e. The van der Waals surface area contributed by atoms with Gasteiger partial charge >= 0.3 is 0 Å². The zero-order chi connectivity index (χ0) is 16.8. The van der Waals surface area contributed by atoms with E-state index in [9.17, 15) is 0 Å². The Morgan fingerprint density at radius 1 is 0.542 bits per heavy atom. The minimum absolute atomic E-state index is 1.12. The van der Waals surface area contributed by atoms with Gasteiger partial charge in [0, 0.05) is 0 Å². The van der Waals surface area contributed by atoms with Crippen LogP contribution in [-0.2, 0) is 25.7 Å². The molecule has 0 aromatic heterocycles. The van der Waals surface area contributed by atoms with Crippen LogP contribution in [0.4, 0.5) is 0 Å². The van der Waals surface area contributed by atoms with Gasteiger partial charge in [-0.3, -0.25) is 0 Å². The molecule has 3 aromatic rings. The van der Waals surface area contributed by atoms with Crippen molar-refractivity contribution in [2.45, 2.75) is 53.4 Å². The van der Waals surface area contributed by atoms with Crippen molar-refractivity contribution in [3.8, 4) is 22.3 Å². The van der Waals surface area contributed by atoms with E-state index >= 15 is 0 Å². The predicted molar refractivity (Wildman–Crippen MR) is 106 cm³/mol. The van der Waals surface area contributed by atoms with Gasteiger partial charge in [-0.15, -0.1) is 0 Å². The monoisotopic (exact) mass is 314 g/mol. The summed E-state index contributed by atoms with van der Waals surface area (Å²) in [6.45, 7) is 9.29. The molecule has 1 aliphatic rings. The van der Waals surface area contributed by atoms with E-state index in [1.807, 2.05) is 0 Å². The number of fused-ring (bicyclic) bond motifs is 3. The zero-order valence-corrected chi connectivity index (χ0v) is 15.3. The lowest BCUT2D eigenvalue weighted by Crippen LogP contribution is -2.06. The first-order chi connectivity index (χ1) is 11.8. The summed E-state index contributed by atoms with van der Waals surface area (Å²) in [4.78, 5) is 0. The Balaban J connectivity index is 2.25. The Labute approximate surface area is 145 Å². The molecule has 0 amide bonds. The standard InChI is InChI=1S/C24H26/c1-5-16-17(6-2)19(8-4)24-21-14-10-12-15-11-9-13-20(22(15)21)23(24)18(16)7-3/h9-14H,5-8H2,1-4H3. The van der Waals surface area contributed by atoms with Crippen LogP contribution < -0.4 is 0 Å². The predicted octanol–water partition coefficient (Wildman–Crippen LogP) is 6.74. The number of hydrogen-bond acceptors (Lipinski definition) is 0. The largest absolute Gasteiger partial charge is 0.0613 e. The van der Waals surface area contributed by atoms with Crippen LogP contribution in [0.25, 0.3) is 33.0 Å². The van der Waals surface area contributed by atoms with Crippen molar-refractivity contribution in [2.75, 3.05) is 0 Å². The Morgan fingerprint density at radius 3 is 1.33 bits per heavy atom. The van der Waals surface area contributed by atoms with E-state index < -0.39 is 0 Å². The summed E-state index contributed by atoms with van der Waals surface area (Å²) >= 11 is 0. The summed E-state index contributed by atoms with van der Waals surface area (Å²) in [7, 11) is 0. The molecule has 1 aliphatic carbocycles. The lowest BCUT2D eigenvalue weighted by atomic mass is 9.82. The van der Waals surface area contributed by atoms with Gasteiger partial charge in [0.05, 0.1) is 0 Å². The molecule has 0 fully saturated rings. The molecule has 122 valence electrons. The van der Waals surface area contributed by atoms with Crippen molar-refractivity contribution >= 4 is 10.8 Å². The fourth-order valence-corrected chi connectivity index (χ4v) is 4.95. The second-order valence-electron chi connectivity index (χ2n) is 6.79. The minimum Gasteiger partial charge on any atom is -0.0613 e. The van der Waals surface area contributed by atoms with Gasteiger partial charge in [0.15, 0.2) is 0 Å². The maximum absolute atomic E-state index is 2.33. The van der Waals surface area contributed by atoms with Gasteiger partial charge < -0.3 is 0 Å². The van der Waals surface area contributed by atoms with Crippen molar-refractivity contribution < 1.29 is 0 Å². The third-order valence-electron chi connectivity index (χ3n) is 5.80. The molecule has 0 bridgehead atoms. The molecule has 0 atom stereocenters. The molecule has 0 heteroatoms. The molecule has 0 radical (unpaired) electrons. The van der Waals surface area contributed by atoms with Gasteiger partial charge in [-0.05, 0) is 81.0 Å². The van der Waals surface area contributed by atoms with Crippen LogP contribution in [0.1, 0.15) is 49.9 Å². The maximum atomic E-state index is 2.33. The summed E-state index contributed by atoms with van der Waals surface area (Å²) in [6, 6.07) is 13.6. The third kappa shape index (κ3) is 1.86. The molecule has 4 rings (SSSR count). The van der Waals surface area contributed by atoms with Crippen LogP contribution in [0.2, 0.25) is 0 Å². The fourth-order valence-electron chi connectivity index (χ4n) is 4.95. The number of benzene rings is 3. The number of rotatable bonds is 4. The molecule has 3 aromatic carbocycles. The molecule has 0 N–H and O–H groups in total. The van der Waals surface area contributed by atoms with E-state index in [0.717, 1.165) is 25.7 Å². The van der Waals surface area contributed by atoms with Gasteiger partial charge in [0.1, 0.15) is 0 Å². The molecule has 0 nitrogen and oxygen atoms in total. The summed E-state index contributed by atoms with van der Waals surface area (Å²) in [6.07, 6.45) is 4.51. The van der Waals surface area contributed by atoms with E-state index in [-0.39, 0.29) is 0 Å². The first kappa shape index (κ1) is 15.4. The van der Waals surface area contributed by atoms with Gasteiger partial charge in [-0.25, -0.2) is 0 Å². The Morgan fingerprint density at radius 2 is 0.958 bits per heavy atom. The van der Waals surface area contributed by atoms with Crippen LogP contribution in [0.5, 0.6) is 0 Å². The second-order valence-corrected chi connectivity index (χ2v) is 6.79. The van der Waals surface area contributed by atoms with Crippen LogP contribution in [0, 0.1) is 0 Å². The molecule has 0 saturated carbocycles. The molecule has 0 spiro atoms. The summed E-state index contributed by atoms with van der Waals surface area (Å²) in [5.74, 6) is 0. The van der Waals surface area contributed by atoms with E-state index in [1.54, 1.807) is 22.3 Å². The minimum atomic E-state index is 1.12. The van der Waals surface area contributed by atoms with Crippen LogP contribution >= 0.6 is 0 Å². The number of hydrogen-bond donors (Lipinski definition) is 0. The third-order valence-corrected chi connectivity index (χ3v) is 5.80. The quantitative estimate of drug-likeness (QED) is 0.391. The fraction of sp³-hybridized carbons (Fsp3) is 0.333. The van der Waals surface area contributed by atoms with Crippen molar-refractivity contribution in [3.05, 3.63) is 58.7 Å². The highest BCUT2D eigenvalue weighted by molar-refractivity contribution is 6.17. The molecule has 0 unspecified atom stereocenters. The Hall–Kier alpha value is -2.08. The molecule has 24 heavy (non-hydrogen) atoms. The SMILES string of the molecule is CCc1c(CC)c(CC)c2c(c1CC)-c1cccc3cccc-2c13. The van der Waals surface area contributed by atoms with Gasteiger partial charge in [-0.1, -0.05) is 64.1 Å². The van der Waals surface area contributed by atoms with E-state index in [1.165, 1.54) is 33.0 Å². The molecule has 0 saturated heterocycles. The maximum Gasteiger partial charge on any atom is -0.00262 e. The van der Waals surface area contributed by atoms with Crippen LogP contribution in [0.15, 0.2) is 36.4 Å². The molecule has 0 heterocycles. The van der Waals surface area contributed by atoms with Crippen molar-refractivity contribution in [1.29, 1.82) is 0 Å². The van der Waals surface area contributed by atoms with Gasteiger partial charge in [0.25, 0.3) is 0 Å². The summed E-state index contributed by atoms with van der Waals surface area (Å²) < 4.78 is 0. The summed E-state index contributed by atoms with van der Waals surface area (Å²) in [5, 5.41) is 2.84. The Bertz CT molecular complexity index is 870. The van der Waals surface area contributed by atoms with E-state index in [4.69, 9.17) is 0 Å². The van der Waals surface area contributed by atoms with E-state index in [2.05, 4.69) is 64.1 Å². The summed E-state index contributed by atoms with van der Waals surface area (Å²) in [5.41, 5.74) is 12.4. The van der Waals surface area contributed by atoms with Crippen molar-refractivity contribution in [1.82, 2.24) is 0 Å². The first-order valence-electron chi connectivity index (χ1n) is 9.48. The van der Waals surface area contributed by atoms with Crippen molar-refractivity contribution in [2.24, 2.45) is 0 Å². The highest BCUT2D eigenvalue weighted by Gasteiger charge is 2.29. The highest BCUT2D eigenvalue weighted by Crippen LogP contribution is 2.52. The van der Waals surface area contributed by atoms with Gasteiger partial charge in [0.2, 0.25) is 0 Å². The highest BCUT2D eigenvalue weighted by atomic mass is 14.3. The van der Waals surface area contributed by atoms with Crippen LogP contribution in [-0.4, -0.2) is 0 Å². The molecular weight excluding hydrogens is 288 g/mol. The second kappa shape index (κ2) is 5.77. The Kier molecular flexibility index (Phi) is 3.72. The molecule has 0 aliphatic heterocycles. The zero-order valence-electron chi connectivity index (χ0n) is 15.3. The average Bonchev–Trinajstić information content (AvgIpc) is 2.96. The normalized spacial score (nSPS) is 12.0. The first-order valence-corrected chi connectivity index (χ1v) is 9.48. The average molecular weight is 314 g/mol. The van der Waals surface area contributed by atoms with E-state index in [0.29, 0.717) is 0 Å². The lowest BCUT2D eigenvalue weighted by molar-refractivity contribution is 0.950. The van der Waals surface area contributed by atoms with Crippen LogP contribution in [0.3, 0.4) is 0 Å². The molecular formula is C24H26. The van der Waals surface area contributed by atoms with Gasteiger partial charge in [-0.2, -0.15) is 0 Å².